The minimum atomic E-state index is -0.633. The van der Waals surface area contributed by atoms with Gasteiger partial charge in [-0.1, -0.05) is 17.7 Å². The van der Waals surface area contributed by atoms with E-state index in [2.05, 4.69) is 10.6 Å². The highest BCUT2D eigenvalue weighted by molar-refractivity contribution is 6.10. The Labute approximate surface area is 177 Å². The Bertz CT molecular complexity index is 1160. The molecular weight excluding hydrogens is 401 g/mol. The van der Waals surface area contributed by atoms with Gasteiger partial charge < -0.3 is 10.6 Å². The van der Waals surface area contributed by atoms with Gasteiger partial charge in [0.1, 0.15) is 11.5 Å². The number of nitro benzene ring substituents is 1. The van der Waals surface area contributed by atoms with Crippen molar-refractivity contribution < 1.29 is 18.9 Å². The van der Waals surface area contributed by atoms with Crippen LogP contribution in [0, 0.1) is 22.9 Å². The fourth-order valence-electron chi connectivity index (χ4n) is 2.73. The molecule has 3 aromatic rings. The minimum absolute atomic E-state index is 0.0790. The molecule has 2 N–H and O–H groups in total. The topological polar surface area (TPSA) is 101 Å². The minimum Gasteiger partial charge on any atom is -0.321 e. The lowest BCUT2D eigenvalue weighted by Crippen LogP contribution is -2.30. The van der Waals surface area contributed by atoms with Crippen LogP contribution in [0.4, 0.5) is 15.8 Å². The van der Waals surface area contributed by atoms with Gasteiger partial charge in [-0.25, -0.2) is 4.39 Å². The number of carbonyl (C=O) groups is 2. The molecule has 0 fully saturated rings. The SMILES string of the molecule is Cc1cccc(C(=O)NC(=Cc2ccc([N+](=O)[O-])cc2)C(=O)Nc2ccc(F)cc2)c1. The van der Waals surface area contributed by atoms with Crippen LogP contribution in [-0.2, 0) is 4.79 Å². The molecule has 31 heavy (non-hydrogen) atoms. The number of aryl methyl sites for hydroxylation is 1. The second-order valence-corrected chi connectivity index (χ2v) is 6.69. The fraction of sp³-hybridized carbons (Fsp3) is 0.0435. The van der Waals surface area contributed by atoms with Crippen molar-refractivity contribution in [3.8, 4) is 0 Å². The van der Waals surface area contributed by atoms with Crippen molar-refractivity contribution in [2.45, 2.75) is 6.92 Å². The molecule has 3 aromatic carbocycles. The second kappa shape index (κ2) is 9.45. The van der Waals surface area contributed by atoms with Gasteiger partial charge in [-0.05, 0) is 67.1 Å². The molecule has 0 unspecified atom stereocenters. The summed E-state index contributed by atoms with van der Waals surface area (Å²) >= 11 is 0. The molecule has 7 nitrogen and oxygen atoms in total. The molecule has 0 aliphatic carbocycles. The first-order valence-corrected chi connectivity index (χ1v) is 9.23. The number of carbonyl (C=O) groups excluding carboxylic acids is 2. The van der Waals surface area contributed by atoms with Gasteiger partial charge in [0.2, 0.25) is 0 Å². The molecular formula is C23H18FN3O4. The zero-order valence-electron chi connectivity index (χ0n) is 16.5. The van der Waals surface area contributed by atoms with Gasteiger partial charge in [0, 0.05) is 23.4 Å². The smallest absolute Gasteiger partial charge is 0.272 e. The average Bonchev–Trinajstić information content (AvgIpc) is 2.75. The summed E-state index contributed by atoms with van der Waals surface area (Å²) < 4.78 is 13.1. The van der Waals surface area contributed by atoms with E-state index in [-0.39, 0.29) is 11.4 Å². The van der Waals surface area contributed by atoms with E-state index < -0.39 is 22.6 Å². The largest absolute Gasteiger partial charge is 0.321 e. The summed E-state index contributed by atoms with van der Waals surface area (Å²) in [4.78, 5) is 35.8. The van der Waals surface area contributed by atoms with Crippen molar-refractivity contribution in [2.24, 2.45) is 0 Å². The number of hydrogen-bond donors (Lipinski definition) is 2. The van der Waals surface area contributed by atoms with Gasteiger partial charge in [-0.3, -0.25) is 19.7 Å². The average molecular weight is 419 g/mol. The number of amides is 2. The number of nitrogens with zero attached hydrogens (tertiary/aromatic N) is 1. The lowest BCUT2D eigenvalue weighted by molar-refractivity contribution is -0.384. The summed E-state index contributed by atoms with van der Waals surface area (Å²) in [5, 5.41) is 16.0. The molecule has 0 spiro atoms. The van der Waals surface area contributed by atoms with E-state index in [1.807, 2.05) is 13.0 Å². The Morgan fingerprint density at radius 2 is 1.68 bits per heavy atom. The standard InChI is InChI=1S/C23H18FN3O4/c1-15-3-2-4-17(13-15)22(28)26-21(14-16-5-11-20(12-6-16)27(30)31)23(29)25-19-9-7-18(24)8-10-19/h2-14H,1H3,(H,25,29)(H,26,28). The van der Waals surface area contributed by atoms with Crippen molar-refractivity contribution >= 4 is 29.3 Å². The highest BCUT2D eigenvalue weighted by Crippen LogP contribution is 2.16. The molecule has 3 rings (SSSR count). The summed E-state index contributed by atoms with van der Waals surface area (Å²) in [7, 11) is 0. The maximum atomic E-state index is 13.1. The zero-order chi connectivity index (χ0) is 22.4. The quantitative estimate of drug-likeness (QED) is 0.350. The van der Waals surface area contributed by atoms with Crippen LogP contribution in [0.5, 0.6) is 0 Å². The van der Waals surface area contributed by atoms with Gasteiger partial charge in [0.05, 0.1) is 4.92 Å². The third-order valence-corrected chi connectivity index (χ3v) is 4.29. The number of benzene rings is 3. The number of rotatable bonds is 6. The van der Waals surface area contributed by atoms with Crippen LogP contribution in [0.25, 0.3) is 6.08 Å². The summed E-state index contributed by atoms with van der Waals surface area (Å²) in [6.45, 7) is 1.84. The van der Waals surface area contributed by atoms with Gasteiger partial charge in [-0.15, -0.1) is 0 Å². The molecule has 0 heterocycles. The third kappa shape index (κ3) is 5.83. The Morgan fingerprint density at radius 1 is 1.00 bits per heavy atom. The van der Waals surface area contributed by atoms with Gasteiger partial charge in [0.25, 0.3) is 17.5 Å². The van der Waals surface area contributed by atoms with Crippen LogP contribution in [-0.4, -0.2) is 16.7 Å². The summed E-state index contributed by atoms with van der Waals surface area (Å²) in [5.74, 6) is -1.58. The Balaban J connectivity index is 1.90. The van der Waals surface area contributed by atoms with Crippen LogP contribution in [0.3, 0.4) is 0 Å². The normalized spacial score (nSPS) is 11.0. The van der Waals surface area contributed by atoms with Gasteiger partial charge in [-0.2, -0.15) is 0 Å². The number of hydrogen-bond acceptors (Lipinski definition) is 4. The monoisotopic (exact) mass is 419 g/mol. The molecule has 2 amide bonds. The molecule has 0 aliphatic heterocycles. The fourth-order valence-corrected chi connectivity index (χ4v) is 2.73. The van der Waals surface area contributed by atoms with Crippen molar-refractivity contribution in [3.05, 3.63) is 111 Å². The number of nitro groups is 1. The first-order valence-electron chi connectivity index (χ1n) is 9.23. The van der Waals surface area contributed by atoms with Crippen molar-refractivity contribution in [1.29, 1.82) is 0 Å². The van der Waals surface area contributed by atoms with Gasteiger partial charge in [0.15, 0.2) is 0 Å². The molecule has 0 radical (unpaired) electrons. The molecule has 0 aromatic heterocycles. The van der Waals surface area contributed by atoms with E-state index in [4.69, 9.17) is 0 Å². The maximum Gasteiger partial charge on any atom is 0.272 e. The summed E-state index contributed by atoms with van der Waals surface area (Å²) in [6, 6.07) is 17.5. The molecule has 0 aliphatic rings. The predicted molar refractivity (Wildman–Crippen MR) is 115 cm³/mol. The number of non-ortho nitro benzene ring substituents is 1. The number of halogens is 1. The van der Waals surface area contributed by atoms with Crippen LogP contribution >= 0.6 is 0 Å². The molecule has 0 atom stereocenters. The molecule has 0 bridgehead atoms. The van der Waals surface area contributed by atoms with Gasteiger partial charge >= 0.3 is 0 Å². The second-order valence-electron chi connectivity index (χ2n) is 6.69. The van der Waals surface area contributed by atoms with Crippen LogP contribution < -0.4 is 10.6 Å². The first-order chi connectivity index (χ1) is 14.8. The Morgan fingerprint density at radius 3 is 2.29 bits per heavy atom. The van der Waals surface area contributed by atoms with E-state index >= 15 is 0 Å². The lowest BCUT2D eigenvalue weighted by Gasteiger charge is -2.12. The highest BCUT2D eigenvalue weighted by Gasteiger charge is 2.16. The molecule has 0 saturated carbocycles. The number of nitrogens with one attached hydrogen (secondary N) is 2. The highest BCUT2D eigenvalue weighted by atomic mass is 19.1. The first kappa shape index (κ1) is 21.4. The molecule has 0 saturated heterocycles. The maximum absolute atomic E-state index is 13.1. The zero-order valence-corrected chi connectivity index (χ0v) is 16.5. The van der Waals surface area contributed by atoms with Crippen molar-refractivity contribution in [3.63, 3.8) is 0 Å². The molecule has 8 heteroatoms. The Hall–Kier alpha value is -4.33. The summed E-state index contributed by atoms with van der Waals surface area (Å²) in [6.07, 6.45) is 1.40. The van der Waals surface area contributed by atoms with Crippen LogP contribution in [0.2, 0.25) is 0 Å². The van der Waals surface area contributed by atoms with E-state index in [1.54, 1.807) is 18.2 Å². The van der Waals surface area contributed by atoms with Crippen molar-refractivity contribution in [1.82, 2.24) is 5.32 Å². The van der Waals surface area contributed by atoms with Crippen LogP contribution in [0.1, 0.15) is 21.5 Å². The third-order valence-electron chi connectivity index (χ3n) is 4.29. The predicted octanol–water partition coefficient (Wildman–Crippen LogP) is 4.45. The number of anilines is 1. The molecule has 156 valence electrons. The van der Waals surface area contributed by atoms with E-state index in [0.29, 0.717) is 16.8 Å². The summed E-state index contributed by atoms with van der Waals surface area (Å²) in [5.41, 5.74) is 1.88. The van der Waals surface area contributed by atoms with E-state index in [1.165, 1.54) is 54.6 Å². The lowest BCUT2D eigenvalue weighted by atomic mass is 10.1. The van der Waals surface area contributed by atoms with E-state index in [0.717, 1.165) is 5.56 Å². The van der Waals surface area contributed by atoms with Crippen molar-refractivity contribution in [2.75, 3.05) is 5.32 Å². The van der Waals surface area contributed by atoms with E-state index in [9.17, 15) is 24.1 Å². The van der Waals surface area contributed by atoms with Crippen LogP contribution in [0.15, 0.2) is 78.5 Å². The Kier molecular flexibility index (Phi) is 6.51.